The molecular formula is C63H100N4O24. The number of allylic oxidation sites excluding steroid dienone is 1. The summed E-state index contributed by atoms with van der Waals surface area (Å²) < 4.78 is 78.0. The fraction of sp³-hybridized carbons (Fsp3) is 0.714. The second-order valence-electron chi connectivity index (χ2n) is 22.7. The van der Waals surface area contributed by atoms with Gasteiger partial charge in [-0.3, -0.25) is 9.59 Å². The molecule has 0 aromatic carbocycles. The zero-order chi connectivity index (χ0) is 68.1. The van der Waals surface area contributed by atoms with E-state index in [0.29, 0.717) is 73.3 Å². The van der Waals surface area contributed by atoms with Gasteiger partial charge in [-0.15, -0.1) is 0 Å². The summed E-state index contributed by atoms with van der Waals surface area (Å²) in [6, 6.07) is -0.538. The van der Waals surface area contributed by atoms with Crippen LogP contribution in [0.5, 0.6) is 0 Å². The quantitative estimate of drug-likeness (QED) is 0.0396. The first kappa shape index (κ1) is 79.1. The van der Waals surface area contributed by atoms with Crippen molar-refractivity contribution in [3.8, 4) is 0 Å². The van der Waals surface area contributed by atoms with Gasteiger partial charge in [-0.25, -0.2) is 28.8 Å². The Balaban J connectivity index is 0.000000301. The molecule has 2 fully saturated rings. The molecule has 7 aliphatic rings. The van der Waals surface area contributed by atoms with Crippen molar-refractivity contribution in [1.82, 2.24) is 21.3 Å². The molecular weight excluding hydrogens is 1200 g/mol. The molecule has 1 saturated carbocycles. The Bertz CT molecular complexity index is 2550. The van der Waals surface area contributed by atoms with E-state index in [0.717, 1.165) is 18.4 Å². The van der Waals surface area contributed by atoms with E-state index in [1.807, 2.05) is 13.0 Å². The lowest BCUT2D eigenvalue weighted by atomic mass is 9.89. The van der Waals surface area contributed by atoms with E-state index in [1.54, 1.807) is 75.0 Å². The number of carbonyl (C=O) groups excluding carboxylic acids is 7. The van der Waals surface area contributed by atoms with E-state index in [9.17, 15) is 38.4 Å². The van der Waals surface area contributed by atoms with Gasteiger partial charge in [0.15, 0.2) is 0 Å². The Hall–Kier alpha value is -6.18. The van der Waals surface area contributed by atoms with Crippen molar-refractivity contribution in [3.05, 3.63) is 58.2 Å². The van der Waals surface area contributed by atoms with E-state index in [1.165, 1.54) is 61.9 Å². The maximum atomic E-state index is 12.1. The summed E-state index contributed by atoms with van der Waals surface area (Å²) in [6.07, 6.45) is 9.12. The number of nitrogens with one attached hydrogen (secondary N) is 4. The third-order valence-corrected chi connectivity index (χ3v) is 15.1. The van der Waals surface area contributed by atoms with Gasteiger partial charge in [-0.1, -0.05) is 6.08 Å². The highest BCUT2D eigenvalue weighted by molar-refractivity contribution is 5.91. The third-order valence-electron chi connectivity index (χ3n) is 15.1. The van der Waals surface area contributed by atoms with Crippen LogP contribution in [-0.2, 0) is 105 Å². The molecule has 6 aliphatic carbocycles. The van der Waals surface area contributed by atoms with Crippen molar-refractivity contribution in [2.75, 3.05) is 96.9 Å². The third kappa shape index (κ3) is 26.0. The molecule has 28 heteroatoms. The predicted molar refractivity (Wildman–Crippen MR) is 327 cm³/mol. The zero-order valence-electron chi connectivity index (χ0n) is 55.9. The highest BCUT2D eigenvalue weighted by atomic mass is 16.7. The van der Waals surface area contributed by atoms with E-state index in [4.69, 9.17) is 76.2 Å². The van der Waals surface area contributed by atoms with Gasteiger partial charge in [0, 0.05) is 130 Å². The van der Waals surface area contributed by atoms with Gasteiger partial charge in [0.2, 0.25) is 11.8 Å². The molecule has 0 unspecified atom stereocenters. The number of carbonyl (C=O) groups is 8. The first-order valence-corrected chi connectivity index (χ1v) is 30.4. The molecule has 0 bridgehead atoms. The number of carboxylic acid groups (broad SMARTS) is 1. The summed E-state index contributed by atoms with van der Waals surface area (Å²) in [6.45, 7) is 17.0. The zero-order valence-corrected chi connectivity index (χ0v) is 55.9. The molecule has 1 aliphatic heterocycles. The Morgan fingerprint density at radius 3 is 1.23 bits per heavy atom. The van der Waals surface area contributed by atoms with Crippen LogP contribution in [0.3, 0.4) is 0 Å². The highest BCUT2D eigenvalue weighted by Crippen LogP contribution is 2.49. The van der Waals surface area contributed by atoms with Crippen molar-refractivity contribution in [2.24, 2.45) is 11.8 Å². The van der Waals surface area contributed by atoms with Crippen LogP contribution < -0.4 is 21.3 Å². The van der Waals surface area contributed by atoms with Gasteiger partial charge in [0.05, 0.1) is 93.3 Å². The average Bonchev–Trinajstić information content (AvgIpc) is 1.69. The molecule has 15 atom stereocenters. The van der Waals surface area contributed by atoms with Crippen molar-refractivity contribution < 1.29 is 115 Å². The number of aliphatic carboxylic acids is 1. The van der Waals surface area contributed by atoms with Crippen LogP contribution in [-0.4, -0.2) is 234 Å². The fourth-order valence-electron chi connectivity index (χ4n) is 10.7. The summed E-state index contributed by atoms with van der Waals surface area (Å²) >= 11 is 0. The van der Waals surface area contributed by atoms with Gasteiger partial charge in [0.25, 0.3) is 0 Å². The van der Waals surface area contributed by atoms with Crippen LogP contribution in [0.25, 0.3) is 0 Å². The van der Waals surface area contributed by atoms with Crippen molar-refractivity contribution >= 4 is 47.8 Å². The number of alkyl carbamates (subject to hydrolysis) is 1. The van der Waals surface area contributed by atoms with Crippen LogP contribution in [0.2, 0.25) is 0 Å². The minimum absolute atomic E-state index is 0.000203. The largest absolute Gasteiger partial charge is 0.478 e. The van der Waals surface area contributed by atoms with E-state index >= 15 is 0 Å². The van der Waals surface area contributed by atoms with E-state index in [2.05, 4.69) is 27.3 Å². The molecule has 1 heterocycles. The smallest absolute Gasteiger partial charge is 0.408 e. The van der Waals surface area contributed by atoms with Crippen molar-refractivity contribution in [1.29, 1.82) is 0 Å². The molecule has 28 nitrogen and oxygen atoms in total. The Morgan fingerprint density at radius 1 is 0.484 bits per heavy atom. The first-order chi connectivity index (χ1) is 43.2. The molecule has 5 N–H and O–H groups in total. The maximum absolute atomic E-state index is 12.1. The molecule has 0 spiro atoms. The minimum atomic E-state index is -0.990. The van der Waals surface area contributed by atoms with E-state index < -0.39 is 60.2 Å². The molecule has 0 radical (unpaired) electrons. The normalized spacial score (nSPS) is 28.2. The number of rotatable bonds is 24. The summed E-state index contributed by atoms with van der Waals surface area (Å²) in [5, 5.41) is 20.5. The van der Waals surface area contributed by atoms with Crippen LogP contribution in [0.4, 0.5) is 4.79 Å². The second kappa shape index (κ2) is 40.0. The summed E-state index contributed by atoms with van der Waals surface area (Å²) in [4.78, 5) is 92.3. The van der Waals surface area contributed by atoms with Crippen LogP contribution in [0, 0.1) is 11.8 Å². The van der Waals surface area contributed by atoms with Gasteiger partial charge >= 0.3 is 35.9 Å². The molecule has 516 valence electrons. The number of ether oxygens (including phenoxy) is 15. The lowest BCUT2D eigenvalue weighted by molar-refractivity contribution is -0.140. The SMILES string of the molecule is CCOC(=O)C1=C[C@@H](OC)[C@H](NC(C)=O)[C@@H](OC)C1.CCOC(=O)C1=C[C@@H](OCOC)[C@@H]2N[C@@H]2C1.CCOC(=O)C1=C[C@@H](OCOC)[C@H](NC(=O)OC(C)(C)C)[C@@H](OC)C1.CCOC(=O)C1=C[C@@H]2C[C@@H]2[C@@H](OC)C1.CO[C@H]1CC(C(=O)O)=C[C@@H](OC)[C@@H]1NC(C)=O. The molecule has 1 saturated heterocycles. The Kier molecular flexibility index (Phi) is 34.8. The van der Waals surface area contributed by atoms with Gasteiger partial charge in [-0.05, 0) is 97.4 Å². The number of fused-ring (bicyclic) bond motifs is 2. The molecule has 3 amide bonds. The van der Waals surface area contributed by atoms with Crippen molar-refractivity contribution in [3.63, 3.8) is 0 Å². The van der Waals surface area contributed by atoms with Crippen LogP contribution >= 0.6 is 0 Å². The minimum Gasteiger partial charge on any atom is -0.478 e. The van der Waals surface area contributed by atoms with E-state index in [-0.39, 0.29) is 92.3 Å². The number of esters is 4. The van der Waals surface area contributed by atoms with Crippen LogP contribution in [0.1, 0.15) is 101 Å². The Morgan fingerprint density at radius 2 is 0.846 bits per heavy atom. The summed E-state index contributed by atoms with van der Waals surface area (Å²) in [5.41, 5.74) is 2.08. The first-order valence-electron chi connectivity index (χ1n) is 30.4. The standard InChI is InChI=1S/C17H29NO7.C13H21NO5.C11H17NO5.C11H17NO4.C11H16O3/c1-7-23-15(19)11-8-12(22-6)14(13(9-11)24-10-21-5)18-16(20)25-17(2,3)4;1-5-19-13(16)9-6-10(17-3)12(14-8(2)15)11(7-9)18-4;1-6(13)12-10-8(16-2)4-7(11(14)15)5-9(10)17-3;1-3-15-11(13)7-4-8-10(12-8)9(5-7)16-6-14-2;1-3-14-11(12)8-4-7-5-9(7)10(6-8)13-2/h9,12-14H,7-8,10H2,1-6H3,(H,18,20);6,10-12H,5,7H2,1-4H3,(H,14,15);4,8-10H,5H2,1-3H3,(H,12,13)(H,14,15);5,8-10,12H,3-4,6H2,1-2H3;4,7,9-10H,3,5-6H2,1-2H3/t12-,13+,14+;10-,11+,12+;8-,9+,10+;8-,9-,10-;7-,9+,10+/m01111/s1. The number of amides is 3. The van der Waals surface area contributed by atoms with Gasteiger partial charge in [-0.2, -0.15) is 0 Å². The number of carboxylic acids is 1. The Labute approximate surface area is 534 Å². The average molecular weight is 1300 g/mol. The van der Waals surface area contributed by atoms with Gasteiger partial charge in [0.1, 0.15) is 25.3 Å². The lowest BCUT2D eigenvalue weighted by Gasteiger charge is -2.36. The lowest BCUT2D eigenvalue weighted by Crippen LogP contribution is -2.55. The predicted octanol–water partition coefficient (Wildman–Crippen LogP) is 3.87. The molecule has 91 heavy (non-hydrogen) atoms. The van der Waals surface area contributed by atoms with Crippen LogP contribution in [0.15, 0.2) is 58.2 Å². The number of hydrogen-bond acceptors (Lipinski definition) is 24. The summed E-state index contributed by atoms with van der Waals surface area (Å²) in [7, 11) is 12.3. The van der Waals surface area contributed by atoms with Gasteiger partial charge < -0.3 is 97.4 Å². The monoisotopic (exact) mass is 1300 g/mol. The highest BCUT2D eigenvalue weighted by Gasteiger charge is 2.48. The topological polar surface area (TPSA) is 353 Å². The maximum Gasteiger partial charge on any atom is 0.408 e. The number of methoxy groups -OCH3 is 8. The fourth-order valence-corrected chi connectivity index (χ4v) is 10.7. The molecule has 7 rings (SSSR count). The van der Waals surface area contributed by atoms with Crippen molar-refractivity contribution in [2.45, 2.75) is 185 Å². The molecule has 0 aromatic rings. The molecule has 0 aromatic heterocycles. The second-order valence-corrected chi connectivity index (χ2v) is 22.7. The summed E-state index contributed by atoms with van der Waals surface area (Å²) in [5.74, 6) is -1.34. The number of hydrogen-bond donors (Lipinski definition) is 5.